The van der Waals surface area contributed by atoms with Gasteiger partial charge in [0, 0.05) is 52.4 Å². The van der Waals surface area contributed by atoms with Gasteiger partial charge in [0.15, 0.2) is 5.96 Å². The van der Waals surface area contributed by atoms with E-state index in [1.165, 1.54) is 4.90 Å². The molecule has 0 saturated carbocycles. The average molecular weight is 431 g/mol. The summed E-state index contributed by atoms with van der Waals surface area (Å²) in [4.78, 5) is 5.68. The Morgan fingerprint density at radius 2 is 2.07 bits per heavy atom. The van der Waals surface area contributed by atoms with Crippen molar-refractivity contribution in [1.29, 1.82) is 0 Å². The fourth-order valence-corrected chi connectivity index (χ4v) is 3.44. The number of aliphatic imine (C=N–C) groups is 1. The predicted octanol–water partition coefficient (Wildman–Crippen LogP) is 2.96. The number of aryl methyl sites for hydroxylation is 1. The van der Waals surface area contributed by atoms with Crippen LogP contribution in [0.3, 0.4) is 0 Å². The van der Waals surface area contributed by atoms with Gasteiger partial charge in [0.05, 0.1) is 13.2 Å². The van der Waals surface area contributed by atoms with Crippen molar-refractivity contribution in [2.45, 2.75) is 32.5 Å². The first-order valence-corrected chi connectivity index (χ1v) is 10.3. The second-order valence-electron chi connectivity index (χ2n) is 7.62. The van der Waals surface area contributed by atoms with Crippen molar-refractivity contribution in [2.24, 2.45) is 10.9 Å². The lowest BCUT2D eigenvalue weighted by Gasteiger charge is -2.19. The SMILES string of the molecule is CN=C(NCc1ccc(C)cc1OCCCOC)NCC1CCN(CC(F)(F)F)C1. The van der Waals surface area contributed by atoms with Gasteiger partial charge in [-0.25, -0.2) is 0 Å². The largest absolute Gasteiger partial charge is 0.493 e. The van der Waals surface area contributed by atoms with Gasteiger partial charge in [-0.2, -0.15) is 13.2 Å². The van der Waals surface area contributed by atoms with Crippen LogP contribution in [0.25, 0.3) is 0 Å². The number of halogens is 3. The summed E-state index contributed by atoms with van der Waals surface area (Å²) in [6, 6.07) is 6.06. The molecule has 0 aromatic heterocycles. The fourth-order valence-electron chi connectivity index (χ4n) is 3.44. The molecule has 1 saturated heterocycles. The summed E-state index contributed by atoms with van der Waals surface area (Å²) in [6.07, 6.45) is -2.58. The summed E-state index contributed by atoms with van der Waals surface area (Å²) in [5, 5.41) is 6.49. The molecule has 1 aliphatic heterocycles. The zero-order valence-corrected chi connectivity index (χ0v) is 18.0. The van der Waals surface area contributed by atoms with Crippen molar-refractivity contribution in [3.05, 3.63) is 29.3 Å². The Morgan fingerprint density at radius 1 is 1.27 bits per heavy atom. The van der Waals surface area contributed by atoms with E-state index in [0.29, 0.717) is 45.4 Å². The van der Waals surface area contributed by atoms with Crippen molar-refractivity contribution in [2.75, 3.05) is 53.6 Å². The number of likely N-dealkylation sites (tertiary alicyclic amines) is 1. The van der Waals surface area contributed by atoms with Crippen LogP contribution in [0.5, 0.6) is 5.75 Å². The van der Waals surface area contributed by atoms with E-state index in [4.69, 9.17) is 9.47 Å². The molecule has 1 aliphatic rings. The van der Waals surface area contributed by atoms with Crippen LogP contribution in [0.15, 0.2) is 23.2 Å². The van der Waals surface area contributed by atoms with Gasteiger partial charge >= 0.3 is 6.18 Å². The van der Waals surface area contributed by atoms with Crippen LogP contribution < -0.4 is 15.4 Å². The minimum absolute atomic E-state index is 0.171. The molecule has 0 aliphatic carbocycles. The molecule has 0 amide bonds. The standard InChI is InChI=1S/C21H33F3N4O2/c1-16-5-6-18(19(11-16)30-10-4-9-29-3)13-27-20(25-2)26-12-17-7-8-28(14-17)15-21(22,23)24/h5-6,11,17H,4,7-10,12-15H2,1-3H3,(H2,25,26,27). The molecule has 1 aromatic carbocycles. The van der Waals surface area contributed by atoms with Crippen molar-refractivity contribution in [3.8, 4) is 5.75 Å². The van der Waals surface area contributed by atoms with E-state index in [2.05, 4.69) is 15.6 Å². The van der Waals surface area contributed by atoms with E-state index in [9.17, 15) is 13.2 Å². The molecular formula is C21H33F3N4O2. The molecule has 0 spiro atoms. The van der Waals surface area contributed by atoms with Gasteiger partial charge in [0.25, 0.3) is 0 Å². The van der Waals surface area contributed by atoms with Crippen molar-refractivity contribution in [3.63, 3.8) is 0 Å². The van der Waals surface area contributed by atoms with Crippen LogP contribution in [-0.4, -0.2) is 70.6 Å². The second-order valence-corrected chi connectivity index (χ2v) is 7.62. The molecule has 0 radical (unpaired) electrons. The van der Waals surface area contributed by atoms with Crippen molar-refractivity contribution in [1.82, 2.24) is 15.5 Å². The molecule has 1 heterocycles. The summed E-state index contributed by atoms with van der Waals surface area (Å²) in [5.74, 6) is 1.62. The zero-order chi connectivity index (χ0) is 22.0. The third-order valence-electron chi connectivity index (χ3n) is 4.97. The number of nitrogens with zero attached hydrogens (tertiary/aromatic N) is 2. The maximum atomic E-state index is 12.5. The molecule has 2 N–H and O–H groups in total. The average Bonchev–Trinajstić information content (AvgIpc) is 3.12. The quantitative estimate of drug-likeness (QED) is 0.340. The van der Waals surface area contributed by atoms with Crippen LogP contribution in [-0.2, 0) is 11.3 Å². The van der Waals surface area contributed by atoms with E-state index in [0.717, 1.165) is 29.7 Å². The molecule has 9 heteroatoms. The maximum Gasteiger partial charge on any atom is 0.401 e. The van der Waals surface area contributed by atoms with E-state index < -0.39 is 12.7 Å². The first-order chi connectivity index (χ1) is 14.3. The smallest absolute Gasteiger partial charge is 0.401 e. The number of nitrogens with one attached hydrogen (secondary N) is 2. The maximum absolute atomic E-state index is 12.5. The fraction of sp³-hybridized carbons (Fsp3) is 0.667. The van der Waals surface area contributed by atoms with Crippen molar-refractivity contribution >= 4 is 5.96 Å². The van der Waals surface area contributed by atoms with Gasteiger partial charge in [-0.1, -0.05) is 12.1 Å². The highest BCUT2D eigenvalue weighted by atomic mass is 19.4. The van der Waals surface area contributed by atoms with Gasteiger partial charge < -0.3 is 20.1 Å². The molecule has 1 unspecified atom stereocenters. The molecule has 0 bridgehead atoms. The third kappa shape index (κ3) is 8.79. The van der Waals surface area contributed by atoms with Gasteiger partial charge in [-0.3, -0.25) is 9.89 Å². The minimum atomic E-state index is -4.14. The van der Waals surface area contributed by atoms with E-state index in [1.54, 1.807) is 14.2 Å². The lowest BCUT2D eigenvalue weighted by Crippen LogP contribution is -2.40. The summed E-state index contributed by atoms with van der Waals surface area (Å²) in [5.41, 5.74) is 2.13. The van der Waals surface area contributed by atoms with Crippen LogP contribution in [0.4, 0.5) is 13.2 Å². The molecule has 1 atom stereocenters. The second kappa shape index (κ2) is 12.0. The monoisotopic (exact) mass is 430 g/mol. The highest BCUT2D eigenvalue weighted by molar-refractivity contribution is 5.79. The Hall–Kier alpha value is -2.00. The third-order valence-corrected chi connectivity index (χ3v) is 4.97. The number of methoxy groups -OCH3 is 1. The molecule has 2 rings (SSSR count). The number of hydrogen-bond donors (Lipinski definition) is 2. The predicted molar refractivity (Wildman–Crippen MR) is 112 cm³/mol. The normalized spacial score (nSPS) is 17.9. The Labute approximate surface area is 176 Å². The molecular weight excluding hydrogens is 397 g/mol. The number of ether oxygens (including phenoxy) is 2. The van der Waals surface area contributed by atoms with Crippen LogP contribution in [0.1, 0.15) is 24.0 Å². The van der Waals surface area contributed by atoms with Crippen LogP contribution >= 0.6 is 0 Å². The molecule has 6 nitrogen and oxygen atoms in total. The van der Waals surface area contributed by atoms with Gasteiger partial charge in [0.2, 0.25) is 0 Å². The number of hydrogen-bond acceptors (Lipinski definition) is 4. The van der Waals surface area contributed by atoms with E-state index >= 15 is 0 Å². The molecule has 1 aromatic rings. The van der Waals surface area contributed by atoms with Gasteiger partial charge in [0.1, 0.15) is 5.75 Å². The summed E-state index contributed by atoms with van der Waals surface area (Å²) in [6.45, 7) is 4.45. The Bertz CT molecular complexity index is 683. The Morgan fingerprint density at radius 3 is 2.77 bits per heavy atom. The molecule has 170 valence electrons. The summed E-state index contributed by atoms with van der Waals surface area (Å²) < 4.78 is 48.6. The van der Waals surface area contributed by atoms with Gasteiger partial charge in [-0.15, -0.1) is 0 Å². The number of rotatable bonds is 10. The topological polar surface area (TPSA) is 58.1 Å². The van der Waals surface area contributed by atoms with E-state index in [-0.39, 0.29) is 5.92 Å². The molecule has 1 fully saturated rings. The Balaban J connectivity index is 1.80. The highest BCUT2D eigenvalue weighted by Crippen LogP contribution is 2.23. The van der Waals surface area contributed by atoms with Crippen molar-refractivity contribution < 1.29 is 22.6 Å². The number of guanidine groups is 1. The lowest BCUT2D eigenvalue weighted by molar-refractivity contribution is -0.143. The molecule has 30 heavy (non-hydrogen) atoms. The first kappa shape index (κ1) is 24.3. The van der Waals surface area contributed by atoms with Crippen LogP contribution in [0, 0.1) is 12.8 Å². The number of alkyl halides is 3. The van der Waals surface area contributed by atoms with Gasteiger partial charge in [-0.05, 0) is 37.4 Å². The zero-order valence-electron chi connectivity index (χ0n) is 18.0. The number of benzene rings is 1. The lowest BCUT2D eigenvalue weighted by atomic mass is 10.1. The van der Waals surface area contributed by atoms with Crippen LogP contribution in [0.2, 0.25) is 0 Å². The van der Waals surface area contributed by atoms with E-state index in [1.807, 2.05) is 25.1 Å². The highest BCUT2D eigenvalue weighted by Gasteiger charge is 2.34. The first-order valence-electron chi connectivity index (χ1n) is 10.3. The summed E-state index contributed by atoms with van der Waals surface area (Å²) in [7, 11) is 3.34. The minimum Gasteiger partial charge on any atom is -0.493 e. The Kier molecular flexibility index (Phi) is 9.71. The summed E-state index contributed by atoms with van der Waals surface area (Å²) >= 11 is 0.